The number of carbonyl (C=O) groups is 1. The Labute approximate surface area is 252 Å². The molecular formula is C39H45FO2. The average molecular weight is 565 g/mol. The van der Waals surface area contributed by atoms with Crippen LogP contribution < -0.4 is 4.74 Å². The molecule has 0 fully saturated rings. The van der Waals surface area contributed by atoms with E-state index in [1.165, 1.54) is 81.4 Å². The Morgan fingerprint density at radius 2 is 1.05 bits per heavy atom. The summed E-state index contributed by atoms with van der Waals surface area (Å²) in [6.45, 7) is 4.47. The highest BCUT2D eigenvalue weighted by atomic mass is 19.1. The number of benzene rings is 4. The second-order valence-electron chi connectivity index (χ2n) is 11.3. The predicted octanol–water partition coefficient (Wildman–Crippen LogP) is 11.4. The van der Waals surface area contributed by atoms with Gasteiger partial charge < -0.3 is 4.74 Å². The maximum absolute atomic E-state index is 15.1. The summed E-state index contributed by atoms with van der Waals surface area (Å²) in [4.78, 5) is 12.8. The Morgan fingerprint density at radius 3 is 1.60 bits per heavy atom. The lowest BCUT2D eigenvalue weighted by atomic mass is 9.99. The molecule has 0 amide bonds. The van der Waals surface area contributed by atoms with E-state index in [9.17, 15) is 4.79 Å². The van der Waals surface area contributed by atoms with Crippen molar-refractivity contribution < 1.29 is 13.9 Å². The quantitative estimate of drug-likeness (QED) is 0.0768. The molecule has 0 saturated heterocycles. The van der Waals surface area contributed by atoms with Crippen molar-refractivity contribution in [2.45, 2.75) is 90.9 Å². The first kappa shape index (κ1) is 31.2. The van der Waals surface area contributed by atoms with Crippen LogP contribution in [0, 0.1) is 5.82 Å². The molecule has 3 heteroatoms. The molecule has 0 aliphatic heterocycles. The lowest BCUT2D eigenvalue weighted by molar-refractivity contribution is 0.0734. The molecule has 0 aliphatic carbocycles. The van der Waals surface area contributed by atoms with Crippen molar-refractivity contribution in [3.63, 3.8) is 0 Å². The van der Waals surface area contributed by atoms with Crippen LogP contribution in [0.5, 0.6) is 5.75 Å². The summed E-state index contributed by atoms with van der Waals surface area (Å²) < 4.78 is 20.6. The molecule has 2 nitrogen and oxygen atoms in total. The van der Waals surface area contributed by atoms with E-state index < -0.39 is 11.8 Å². The van der Waals surface area contributed by atoms with Crippen molar-refractivity contribution in [3.05, 3.63) is 114 Å². The van der Waals surface area contributed by atoms with Gasteiger partial charge in [-0.1, -0.05) is 132 Å². The van der Waals surface area contributed by atoms with Gasteiger partial charge in [-0.25, -0.2) is 9.18 Å². The fourth-order valence-electron chi connectivity index (χ4n) is 5.34. The molecule has 4 aromatic rings. The zero-order chi connectivity index (χ0) is 29.6. The van der Waals surface area contributed by atoms with Crippen LogP contribution in [0.25, 0.3) is 22.3 Å². The summed E-state index contributed by atoms with van der Waals surface area (Å²) in [5.74, 6) is -0.575. The summed E-state index contributed by atoms with van der Waals surface area (Å²) in [6, 6.07) is 28.8. The van der Waals surface area contributed by atoms with Crippen molar-refractivity contribution in [3.8, 4) is 28.0 Å². The number of aryl methyl sites for hydroxylation is 2. The first-order chi connectivity index (χ1) is 20.6. The highest BCUT2D eigenvalue weighted by Crippen LogP contribution is 2.27. The first-order valence-corrected chi connectivity index (χ1v) is 15.9. The smallest absolute Gasteiger partial charge is 0.343 e. The molecule has 0 radical (unpaired) electrons. The molecule has 4 rings (SSSR count). The Morgan fingerprint density at radius 1 is 0.571 bits per heavy atom. The van der Waals surface area contributed by atoms with E-state index in [1.807, 2.05) is 24.3 Å². The molecule has 0 unspecified atom stereocenters. The van der Waals surface area contributed by atoms with Gasteiger partial charge in [0.2, 0.25) is 0 Å². The number of esters is 1. The van der Waals surface area contributed by atoms with Gasteiger partial charge in [0.05, 0.1) is 5.56 Å². The van der Waals surface area contributed by atoms with Gasteiger partial charge in [0.25, 0.3) is 0 Å². The minimum atomic E-state index is -0.574. The first-order valence-electron chi connectivity index (χ1n) is 15.9. The second kappa shape index (κ2) is 16.7. The van der Waals surface area contributed by atoms with E-state index in [0.29, 0.717) is 11.3 Å². The van der Waals surface area contributed by atoms with E-state index >= 15 is 4.39 Å². The summed E-state index contributed by atoms with van der Waals surface area (Å²) >= 11 is 0. The van der Waals surface area contributed by atoms with Gasteiger partial charge in [-0.3, -0.25) is 0 Å². The van der Waals surface area contributed by atoms with E-state index in [0.717, 1.165) is 29.5 Å². The summed E-state index contributed by atoms with van der Waals surface area (Å²) in [5.41, 5.74) is 6.29. The van der Waals surface area contributed by atoms with Gasteiger partial charge in [-0.2, -0.15) is 0 Å². The standard InChI is InChI=1S/C39H45FO2/c1-3-5-7-9-10-12-14-31-17-21-34(22-18-31)37-28-25-35(29-38(37)40)39(41)42-36-26-23-33(24-27-36)32-19-15-30(16-20-32)13-11-8-6-4-2/h15-29H,3-14H2,1-2H3. The van der Waals surface area contributed by atoms with Gasteiger partial charge in [0.1, 0.15) is 11.6 Å². The van der Waals surface area contributed by atoms with Gasteiger partial charge in [-0.15, -0.1) is 0 Å². The number of hydrogen-bond donors (Lipinski definition) is 0. The lowest BCUT2D eigenvalue weighted by Crippen LogP contribution is -2.09. The molecule has 0 atom stereocenters. The minimum absolute atomic E-state index is 0.189. The van der Waals surface area contributed by atoms with Crippen LogP contribution in [0.3, 0.4) is 0 Å². The number of unbranched alkanes of at least 4 members (excludes halogenated alkanes) is 8. The largest absolute Gasteiger partial charge is 0.423 e. The zero-order valence-corrected chi connectivity index (χ0v) is 25.3. The Balaban J connectivity index is 1.30. The van der Waals surface area contributed by atoms with E-state index in [2.05, 4.69) is 50.2 Å². The van der Waals surface area contributed by atoms with Gasteiger partial charge >= 0.3 is 5.97 Å². The normalized spacial score (nSPS) is 11.0. The van der Waals surface area contributed by atoms with Crippen molar-refractivity contribution in [2.75, 3.05) is 0 Å². The van der Waals surface area contributed by atoms with Crippen LogP contribution in [0.1, 0.15) is 99.5 Å². The number of carbonyl (C=O) groups excluding carboxylic acids is 1. The van der Waals surface area contributed by atoms with Crippen LogP contribution in [-0.4, -0.2) is 5.97 Å². The number of hydrogen-bond acceptors (Lipinski definition) is 2. The van der Waals surface area contributed by atoms with Crippen molar-refractivity contribution in [2.24, 2.45) is 0 Å². The number of halogens is 1. The Hall–Kier alpha value is -3.72. The maximum Gasteiger partial charge on any atom is 0.343 e. The third kappa shape index (κ3) is 9.41. The highest BCUT2D eigenvalue weighted by Gasteiger charge is 2.13. The molecular weight excluding hydrogens is 519 g/mol. The van der Waals surface area contributed by atoms with Gasteiger partial charge in [0, 0.05) is 5.56 Å². The minimum Gasteiger partial charge on any atom is -0.423 e. The molecule has 0 aromatic heterocycles. The van der Waals surface area contributed by atoms with Crippen LogP contribution in [0.2, 0.25) is 0 Å². The molecule has 0 bridgehead atoms. The van der Waals surface area contributed by atoms with E-state index in [-0.39, 0.29) is 5.56 Å². The third-order valence-electron chi connectivity index (χ3n) is 7.96. The fourth-order valence-corrected chi connectivity index (χ4v) is 5.34. The van der Waals surface area contributed by atoms with Crippen molar-refractivity contribution in [1.82, 2.24) is 0 Å². The van der Waals surface area contributed by atoms with E-state index in [1.54, 1.807) is 24.3 Å². The van der Waals surface area contributed by atoms with Gasteiger partial charge in [0.15, 0.2) is 0 Å². The molecule has 220 valence electrons. The third-order valence-corrected chi connectivity index (χ3v) is 7.96. The van der Waals surface area contributed by atoms with Crippen LogP contribution in [0.4, 0.5) is 4.39 Å². The Kier molecular flexibility index (Phi) is 12.4. The van der Waals surface area contributed by atoms with Crippen molar-refractivity contribution in [1.29, 1.82) is 0 Å². The summed E-state index contributed by atoms with van der Waals surface area (Å²) in [5, 5.41) is 0. The van der Waals surface area contributed by atoms with Gasteiger partial charge in [-0.05, 0) is 77.8 Å². The van der Waals surface area contributed by atoms with Crippen LogP contribution in [0.15, 0.2) is 91.0 Å². The van der Waals surface area contributed by atoms with Crippen molar-refractivity contribution >= 4 is 5.97 Å². The fraction of sp³-hybridized carbons (Fsp3) is 0.359. The maximum atomic E-state index is 15.1. The van der Waals surface area contributed by atoms with Crippen LogP contribution in [-0.2, 0) is 12.8 Å². The second-order valence-corrected chi connectivity index (χ2v) is 11.3. The number of ether oxygens (including phenoxy) is 1. The van der Waals surface area contributed by atoms with Crippen LogP contribution >= 0.6 is 0 Å². The molecule has 4 aromatic carbocycles. The molecule has 0 N–H and O–H groups in total. The topological polar surface area (TPSA) is 26.3 Å². The monoisotopic (exact) mass is 564 g/mol. The molecule has 42 heavy (non-hydrogen) atoms. The zero-order valence-electron chi connectivity index (χ0n) is 25.3. The highest BCUT2D eigenvalue weighted by molar-refractivity contribution is 5.91. The molecule has 0 aliphatic rings. The molecule has 0 saturated carbocycles. The SMILES string of the molecule is CCCCCCCCc1ccc(-c2ccc(C(=O)Oc3ccc(-c4ccc(CCCCCC)cc4)cc3)cc2F)cc1. The lowest BCUT2D eigenvalue weighted by Gasteiger charge is -2.09. The summed E-state index contributed by atoms with van der Waals surface area (Å²) in [7, 11) is 0. The predicted molar refractivity (Wildman–Crippen MR) is 174 cm³/mol. The summed E-state index contributed by atoms with van der Waals surface area (Å²) in [6.07, 6.45) is 14.9. The average Bonchev–Trinajstić information content (AvgIpc) is 3.02. The Bertz CT molecular complexity index is 1370. The number of rotatable bonds is 16. The van der Waals surface area contributed by atoms with E-state index in [4.69, 9.17) is 4.74 Å². The molecule has 0 heterocycles. The molecule has 0 spiro atoms.